The lowest BCUT2D eigenvalue weighted by Gasteiger charge is -2.18. The van der Waals surface area contributed by atoms with Crippen molar-refractivity contribution >= 4 is 16.0 Å². The first kappa shape index (κ1) is 16.1. The first-order valence-corrected chi connectivity index (χ1v) is 7.24. The molecule has 1 aromatic heterocycles. The van der Waals surface area contributed by atoms with E-state index in [9.17, 15) is 22.8 Å². The Morgan fingerprint density at radius 1 is 1.35 bits per heavy atom. The molecule has 1 aromatic rings. The summed E-state index contributed by atoms with van der Waals surface area (Å²) in [6, 6.07) is 0. The average molecular weight is 305 g/mol. The summed E-state index contributed by atoms with van der Waals surface area (Å²) >= 11 is 0. The summed E-state index contributed by atoms with van der Waals surface area (Å²) in [5.41, 5.74) is -1.86. The molecule has 0 aliphatic carbocycles. The molecule has 0 unspecified atom stereocenters. The maximum atomic E-state index is 12.2. The number of likely N-dealkylation sites (N-methyl/N-ethyl adjacent to an activating group) is 1. The van der Waals surface area contributed by atoms with E-state index in [1.807, 2.05) is 4.98 Å². The predicted octanol–water partition coefficient (Wildman–Crippen LogP) is -1.36. The van der Waals surface area contributed by atoms with Gasteiger partial charge in [-0.2, -0.15) is 4.31 Å². The zero-order valence-electron chi connectivity index (χ0n) is 11.0. The quantitative estimate of drug-likeness (QED) is 0.624. The number of carbonyl (C=O) groups excluding carboxylic acids is 1. The van der Waals surface area contributed by atoms with Gasteiger partial charge < -0.3 is 9.72 Å². The number of carbonyl (C=O) groups is 1. The highest BCUT2D eigenvalue weighted by molar-refractivity contribution is 7.89. The number of ether oxygens (including phenoxy) is 1. The number of rotatable bonds is 6. The van der Waals surface area contributed by atoms with Crippen LogP contribution in [0, 0.1) is 0 Å². The van der Waals surface area contributed by atoms with Crippen LogP contribution in [0.4, 0.5) is 0 Å². The number of sulfonamides is 1. The van der Waals surface area contributed by atoms with Gasteiger partial charge in [-0.15, -0.1) is 0 Å². The summed E-state index contributed by atoms with van der Waals surface area (Å²) in [5, 5.41) is 0. The summed E-state index contributed by atoms with van der Waals surface area (Å²) in [7, 11) is -4.19. The van der Waals surface area contributed by atoms with Gasteiger partial charge in [0.15, 0.2) is 4.90 Å². The number of esters is 1. The molecular weight excluding hydrogens is 290 g/mol. The number of hydrogen-bond acceptors (Lipinski definition) is 6. The highest BCUT2D eigenvalue weighted by atomic mass is 32.2. The molecule has 2 N–H and O–H groups in total. The van der Waals surface area contributed by atoms with E-state index in [4.69, 9.17) is 0 Å². The van der Waals surface area contributed by atoms with Crippen molar-refractivity contribution in [2.45, 2.75) is 18.7 Å². The first-order chi connectivity index (χ1) is 9.32. The monoisotopic (exact) mass is 305 g/mol. The molecule has 0 aromatic carbocycles. The predicted molar refractivity (Wildman–Crippen MR) is 68.7 cm³/mol. The van der Waals surface area contributed by atoms with E-state index in [-0.39, 0.29) is 13.2 Å². The molecule has 1 rings (SSSR count). The van der Waals surface area contributed by atoms with Crippen LogP contribution in [0.3, 0.4) is 0 Å². The third kappa shape index (κ3) is 3.54. The Morgan fingerprint density at radius 3 is 2.50 bits per heavy atom. The van der Waals surface area contributed by atoms with E-state index < -0.39 is 38.7 Å². The summed E-state index contributed by atoms with van der Waals surface area (Å²) in [6.07, 6.45) is 0.796. The van der Waals surface area contributed by atoms with Crippen LogP contribution >= 0.6 is 0 Å². The molecule has 1 heterocycles. The van der Waals surface area contributed by atoms with Crippen LogP contribution in [0.2, 0.25) is 0 Å². The third-order valence-corrected chi connectivity index (χ3v) is 4.29. The third-order valence-electron chi connectivity index (χ3n) is 2.37. The second kappa shape index (κ2) is 6.48. The van der Waals surface area contributed by atoms with Gasteiger partial charge in [-0.3, -0.25) is 14.6 Å². The van der Waals surface area contributed by atoms with Gasteiger partial charge >= 0.3 is 11.7 Å². The number of nitrogens with zero attached hydrogens (tertiary/aromatic N) is 1. The largest absolute Gasteiger partial charge is 0.465 e. The number of nitrogens with one attached hydrogen (secondary N) is 2. The van der Waals surface area contributed by atoms with Gasteiger partial charge in [0.1, 0.15) is 6.54 Å². The second-order valence-electron chi connectivity index (χ2n) is 3.67. The molecule has 0 saturated carbocycles. The van der Waals surface area contributed by atoms with Crippen LogP contribution < -0.4 is 11.2 Å². The van der Waals surface area contributed by atoms with Crippen LogP contribution in [-0.2, 0) is 19.6 Å². The van der Waals surface area contributed by atoms with Crippen molar-refractivity contribution in [1.82, 2.24) is 14.3 Å². The van der Waals surface area contributed by atoms with Gasteiger partial charge in [-0.25, -0.2) is 13.2 Å². The van der Waals surface area contributed by atoms with Crippen molar-refractivity contribution in [1.29, 1.82) is 0 Å². The molecule has 0 atom stereocenters. The molecule has 0 bridgehead atoms. The van der Waals surface area contributed by atoms with Crippen molar-refractivity contribution in [2.24, 2.45) is 0 Å². The Balaban J connectivity index is 3.15. The van der Waals surface area contributed by atoms with Crippen molar-refractivity contribution in [3.8, 4) is 0 Å². The minimum Gasteiger partial charge on any atom is -0.465 e. The molecule has 0 saturated heterocycles. The van der Waals surface area contributed by atoms with E-state index in [0.717, 1.165) is 10.5 Å². The highest BCUT2D eigenvalue weighted by Gasteiger charge is 2.28. The Hall–Kier alpha value is -1.94. The smallest absolute Gasteiger partial charge is 0.325 e. The van der Waals surface area contributed by atoms with Gasteiger partial charge in [0.25, 0.3) is 15.6 Å². The molecule has 0 radical (unpaired) electrons. The molecule has 0 aliphatic heterocycles. The van der Waals surface area contributed by atoms with Crippen LogP contribution in [0.1, 0.15) is 13.8 Å². The highest BCUT2D eigenvalue weighted by Crippen LogP contribution is 2.09. The molecule has 0 aliphatic rings. The number of hydrogen-bond donors (Lipinski definition) is 2. The molecule has 0 fully saturated rings. The lowest BCUT2D eigenvalue weighted by molar-refractivity contribution is -0.143. The molecule has 0 spiro atoms. The van der Waals surface area contributed by atoms with E-state index in [1.54, 1.807) is 6.92 Å². The molecule has 20 heavy (non-hydrogen) atoms. The second-order valence-corrected chi connectivity index (χ2v) is 5.58. The van der Waals surface area contributed by atoms with Crippen LogP contribution in [0.25, 0.3) is 0 Å². The molecule has 10 heteroatoms. The lowest BCUT2D eigenvalue weighted by atomic mass is 10.6. The molecular formula is C10H15N3O6S. The van der Waals surface area contributed by atoms with Gasteiger partial charge in [0, 0.05) is 12.7 Å². The van der Waals surface area contributed by atoms with E-state index >= 15 is 0 Å². The summed E-state index contributed by atoms with van der Waals surface area (Å²) < 4.78 is 29.9. The normalized spacial score (nSPS) is 11.6. The number of aromatic amines is 2. The Kier molecular flexibility index (Phi) is 5.22. The summed E-state index contributed by atoms with van der Waals surface area (Å²) in [4.78, 5) is 37.0. The zero-order valence-corrected chi connectivity index (χ0v) is 11.8. The molecule has 112 valence electrons. The van der Waals surface area contributed by atoms with Crippen LogP contribution in [0.5, 0.6) is 0 Å². The van der Waals surface area contributed by atoms with Crippen molar-refractivity contribution in [2.75, 3.05) is 19.7 Å². The average Bonchev–Trinajstić information content (AvgIpc) is 2.35. The van der Waals surface area contributed by atoms with E-state index in [2.05, 4.69) is 9.72 Å². The van der Waals surface area contributed by atoms with Crippen molar-refractivity contribution in [3.63, 3.8) is 0 Å². The maximum Gasteiger partial charge on any atom is 0.325 e. The zero-order chi connectivity index (χ0) is 15.3. The van der Waals surface area contributed by atoms with Crippen molar-refractivity contribution < 1.29 is 17.9 Å². The minimum absolute atomic E-state index is 0.0281. The fourth-order valence-corrected chi connectivity index (χ4v) is 2.83. The fraction of sp³-hybridized carbons (Fsp3) is 0.500. The standard InChI is InChI=1S/C10H15N3O6S/c1-3-13(6-8(14)19-4-2)20(17,18)7-5-11-10(16)12-9(7)15/h5H,3-4,6H2,1-2H3,(H2,11,12,15,16). The molecule has 0 amide bonds. The first-order valence-electron chi connectivity index (χ1n) is 5.80. The van der Waals surface area contributed by atoms with Gasteiger partial charge in [0.2, 0.25) is 0 Å². The Labute approximate surface area is 114 Å². The van der Waals surface area contributed by atoms with Crippen LogP contribution in [0.15, 0.2) is 20.7 Å². The number of aromatic nitrogens is 2. The Bertz CT molecular complexity index is 689. The maximum absolute atomic E-state index is 12.2. The van der Waals surface area contributed by atoms with Gasteiger partial charge in [-0.05, 0) is 6.92 Å². The summed E-state index contributed by atoms with van der Waals surface area (Å²) in [6.45, 7) is 2.69. The van der Waals surface area contributed by atoms with Crippen molar-refractivity contribution in [3.05, 3.63) is 27.0 Å². The van der Waals surface area contributed by atoms with E-state index in [1.165, 1.54) is 6.92 Å². The Morgan fingerprint density at radius 2 is 2.00 bits per heavy atom. The topological polar surface area (TPSA) is 129 Å². The summed E-state index contributed by atoms with van der Waals surface area (Å²) in [5.74, 6) is -0.723. The fourth-order valence-electron chi connectivity index (χ4n) is 1.45. The van der Waals surface area contributed by atoms with Gasteiger partial charge in [0.05, 0.1) is 6.61 Å². The SMILES string of the molecule is CCOC(=O)CN(CC)S(=O)(=O)c1c[nH]c(=O)[nH]c1=O. The lowest BCUT2D eigenvalue weighted by Crippen LogP contribution is -2.39. The van der Waals surface area contributed by atoms with Gasteiger partial charge in [-0.1, -0.05) is 6.92 Å². The number of H-pyrrole nitrogens is 2. The molecule has 9 nitrogen and oxygen atoms in total. The van der Waals surface area contributed by atoms with Crippen LogP contribution in [-0.4, -0.2) is 48.4 Å². The van der Waals surface area contributed by atoms with E-state index in [0.29, 0.717) is 0 Å². The minimum atomic E-state index is -4.19.